The van der Waals surface area contributed by atoms with Crippen LogP contribution in [0.25, 0.3) is 0 Å². The summed E-state index contributed by atoms with van der Waals surface area (Å²) < 4.78 is 5.55. The van der Waals surface area contributed by atoms with Gasteiger partial charge in [-0.1, -0.05) is 0 Å². The summed E-state index contributed by atoms with van der Waals surface area (Å²) in [6.07, 6.45) is 0. The zero-order valence-electron chi connectivity index (χ0n) is 10.3. The molecule has 0 aliphatic carbocycles. The number of rotatable bonds is 3. The molecule has 1 aromatic heterocycles. The van der Waals surface area contributed by atoms with Crippen molar-refractivity contribution in [1.29, 1.82) is 0 Å². The van der Waals surface area contributed by atoms with Crippen LogP contribution in [0.4, 0.5) is 5.69 Å². The quantitative estimate of drug-likeness (QED) is 0.488. The average molecular weight is 280 g/mol. The molecule has 2 aromatic rings. The third-order valence-electron chi connectivity index (χ3n) is 2.39. The largest absolute Gasteiger partial charge is 0.439 e. The molecule has 7 heteroatoms. The summed E-state index contributed by atoms with van der Waals surface area (Å²) in [6.45, 7) is 3.49. The molecule has 0 fully saturated rings. The van der Waals surface area contributed by atoms with Crippen molar-refractivity contribution in [3.63, 3.8) is 0 Å². The number of hydrogen-bond acceptors (Lipinski definition) is 5. The van der Waals surface area contributed by atoms with Gasteiger partial charge in [-0.3, -0.25) is 10.1 Å². The standard InChI is InChI=1S/C12H10ClN3O3/c1-7-5-9(16(17)18)3-4-10(7)19-11-6-8(2)14-12(13)15-11/h3-6H,1-2H3. The van der Waals surface area contributed by atoms with Gasteiger partial charge in [0, 0.05) is 23.9 Å². The van der Waals surface area contributed by atoms with E-state index in [2.05, 4.69) is 9.97 Å². The molecule has 0 N–H and O–H groups in total. The maximum absolute atomic E-state index is 10.6. The number of nitro groups is 1. The molecule has 0 amide bonds. The molecule has 0 unspecified atom stereocenters. The van der Waals surface area contributed by atoms with E-state index in [0.717, 1.165) is 0 Å². The molecule has 0 radical (unpaired) electrons. The zero-order valence-corrected chi connectivity index (χ0v) is 11.0. The Hall–Kier alpha value is -2.21. The monoisotopic (exact) mass is 279 g/mol. The van der Waals surface area contributed by atoms with Gasteiger partial charge in [0.05, 0.1) is 4.92 Å². The lowest BCUT2D eigenvalue weighted by Gasteiger charge is -2.08. The number of hydrogen-bond donors (Lipinski definition) is 0. The number of halogens is 1. The van der Waals surface area contributed by atoms with Crippen LogP contribution in [0.5, 0.6) is 11.6 Å². The van der Waals surface area contributed by atoms with Crippen molar-refractivity contribution >= 4 is 17.3 Å². The Kier molecular flexibility index (Phi) is 3.62. The Balaban J connectivity index is 2.30. The Morgan fingerprint density at radius 1 is 1.26 bits per heavy atom. The predicted octanol–water partition coefficient (Wildman–Crippen LogP) is 3.45. The Morgan fingerprint density at radius 2 is 2.00 bits per heavy atom. The van der Waals surface area contributed by atoms with E-state index in [0.29, 0.717) is 22.9 Å². The summed E-state index contributed by atoms with van der Waals surface area (Å²) in [5.41, 5.74) is 1.33. The lowest BCUT2D eigenvalue weighted by Crippen LogP contribution is -1.95. The van der Waals surface area contributed by atoms with E-state index in [-0.39, 0.29) is 11.0 Å². The van der Waals surface area contributed by atoms with Crippen LogP contribution < -0.4 is 4.74 Å². The van der Waals surface area contributed by atoms with Gasteiger partial charge in [0.25, 0.3) is 5.69 Å². The number of nitro benzene ring substituents is 1. The lowest BCUT2D eigenvalue weighted by molar-refractivity contribution is -0.384. The fourth-order valence-corrected chi connectivity index (χ4v) is 1.75. The van der Waals surface area contributed by atoms with Gasteiger partial charge in [-0.15, -0.1) is 0 Å². The lowest BCUT2D eigenvalue weighted by atomic mass is 10.2. The van der Waals surface area contributed by atoms with Crippen molar-refractivity contribution in [3.8, 4) is 11.6 Å². The topological polar surface area (TPSA) is 78.2 Å². The number of nitrogens with zero attached hydrogens (tertiary/aromatic N) is 3. The van der Waals surface area contributed by atoms with Crippen LogP contribution in [0, 0.1) is 24.0 Å². The van der Waals surface area contributed by atoms with E-state index in [1.807, 2.05) is 0 Å². The normalized spacial score (nSPS) is 10.3. The van der Waals surface area contributed by atoms with E-state index < -0.39 is 4.92 Å². The van der Waals surface area contributed by atoms with Crippen LogP contribution in [-0.4, -0.2) is 14.9 Å². The van der Waals surface area contributed by atoms with Crippen LogP contribution in [0.1, 0.15) is 11.3 Å². The molecule has 98 valence electrons. The van der Waals surface area contributed by atoms with Crippen LogP contribution in [0.15, 0.2) is 24.3 Å². The molecular formula is C12H10ClN3O3. The highest BCUT2D eigenvalue weighted by molar-refractivity contribution is 6.28. The summed E-state index contributed by atoms with van der Waals surface area (Å²) in [5.74, 6) is 0.786. The first-order chi connectivity index (χ1) is 8.95. The van der Waals surface area contributed by atoms with Gasteiger partial charge in [-0.2, -0.15) is 4.98 Å². The van der Waals surface area contributed by atoms with Crippen molar-refractivity contribution < 1.29 is 9.66 Å². The molecule has 0 spiro atoms. The minimum Gasteiger partial charge on any atom is -0.439 e. The van der Waals surface area contributed by atoms with Gasteiger partial charge in [-0.05, 0) is 37.1 Å². The highest BCUT2D eigenvalue weighted by Gasteiger charge is 2.10. The molecule has 1 aromatic carbocycles. The second kappa shape index (κ2) is 5.19. The fourth-order valence-electron chi connectivity index (χ4n) is 1.53. The molecule has 0 aliphatic rings. The van der Waals surface area contributed by atoms with Crippen molar-refractivity contribution in [2.45, 2.75) is 13.8 Å². The zero-order chi connectivity index (χ0) is 14.0. The molecule has 19 heavy (non-hydrogen) atoms. The first-order valence-corrected chi connectivity index (χ1v) is 5.77. The second-order valence-corrected chi connectivity index (χ2v) is 4.26. The average Bonchev–Trinajstić information content (AvgIpc) is 2.30. The predicted molar refractivity (Wildman–Crippen MR) is 69.7 cm³/mol. The Labute approximate surface area is 114 Å². The molecule has 0 bridgehead atoms. The van der Waals surface area contributed by atoms with E-state index >= 15 is 0 Å². The first kappa shape index (κ1) is 13.2. The third kappa shape index (κ3) is 3.17. The van der Waals surface area contributed by atoms with Crippen LogP contribution >= 0.6 is 11.6 Å². The maximum Gasteiger partial charge on any atom is 0.269 e. The van der Waals surface area contributed by atoms with E-state index in [4.69, 9.17) is 16.3 Å². The first-order valence-electron chi connectivity index (χ1n) is 5.40. The van der Waals surface area contributed by atoms with Gasteiger partial charge in [-0.25, -0.2) is 4.98 Å². The smallest absolute Gasteiger partial charge is 0.269 e. The molecule has 2 rings (SSSR count). The van der Waals surface area contributed by atoms with Crippen molar-refractivity contribution in [1.82, 2.24) is 9.97 Å². The summed E-state index contributed by atoms with van der Waals surface area (Å²) in [5, 5.41) is 10.7. The summed E-state index contributed by atoms with van der Waals surface area (Å²) in [4.78, 5) is 18.0. The van der Waals surface area contributed by atoms with Crippen LogP contribution in [0.3, 0.4) is 0 Å². The number of aryl methyl sites for hydroxylation is 2. The number of ether oxygens (including phenoxy) is 1. The summed E-state index contributed by atoms with van der Waals surface area (Å²) in [6, 6.07) is 5.97. The number of aromatic nitrogens is 2. The number of non-ortho nitro benzene ring substituents is 1. The van der Waals surface area contributed by atoms with Gasteiger partial charge < -0.3 is 4.74 Å². The van der Waals surface area contributed by atoms with Gasteiger partial charge in [0.2, 0.25) is 11.2 Å². The molecule has 0 saturated heterocycles. The molecular weight excluding hydrogens is 270 g/mol. The Bertz CT molecular complexity index is 626. The number of benzene rings is 1. The minimum absolute atomic E-state index is 0.0155. The van der Waals surface area contributed by atoms with E-state index in [1.165, 1.54) is 18.2 Å². The van der Waals surface area contributed by atoms with Gasteiger partial charge in [0.15, 0.2) is 0 Å². The van der Waals surface area contributed by atoms with Crippen molar-refractivity contribution in [2.24, 2.45) is 0 Å². The molecule has 0 atom stereocenters. The molecule has 1 heterocycles. The molecule has 6 nitrogen and oxygen atoms in total. The SMILES string of the molecule is Cc1cc(Oc2ccc([N+](=O)[O-])cc2C)nc(Cl)n1. The summed E-state index contributed by atoms with van der Waals surface area (Å²) in [7, 11) is 0. The van der Waals surface area contributed by atoms with Crippen LogP contribution in [0.2, 0.25) is 5.28 Å². The van der Waals surface area contributed by atoms with Crippen LogP contribution in [-0.2, 0) is 0 Å². The highest BCUT2D eigenvalue weighted by atomic mass is 35.5. The maximum atomic E-state index is 10.6. The van der Waals surface area contributed by atoms with E-state index in [9.17, 15) is 10.1 Å². The van der Waals surface area contributed by atoms with Crippen molar-refractivity contribution in [3.05, 3.63) is 50.9 Å². The Morgan fingerprint density at radius 3 is 2.58 bits per heavy atom. The summed E-state index contributed by atoms with van der Waals surface area (Å²) >= 11 is 5.73. The molecule has 0 saturated carbocycles. The highest BCUT2D eigenvalue weighted by Crippen LogP contribution is 2.27. The van der Waals surface area contributed by atoms with E-state index in [1.54, 1.807) is 19.9 Å². The van der Waals surface area contributed by atoms with Gasteiger partial charge >= 0.3 is 0 Å². The minimum atomic E-state index is -0.456. The van der Waals surface area contributed by atoms with Crippen molar-refractivity contribution in [2.75, 3.05) is 0 Å². The molecule has 0 aliphatic heterocycles. The third-order valence-corrected chi connectivity index (χ3v) is 2.56. The second-order valence-electron chi connectivity index (χ2n) is 3.93. The fraction of sp³-hybridized carbons (Fsp3) is 0.167. The van der Waals surface area contributed by atoms with Gasteiger partial charge in [0.1, 0.15) is 5.75 Å².